The highest BCUT2D eigenvalue weighted by Gasteiger charge is 2.27. The summed E-state index contributed by atoms with van der Waals surface area (Å²) in [5.74, 6) is 0. The molecule has 2 heteroatoms. The van der Waals surface area contributed by atoms with Crippen LogP contribution in [0.1, 0.15) is 31.7 Å². The molecule has 0 aromatic heterocycles. The topological polar surface area (TPSA) is 12.0 Å². The molecule has 1 N–H and O–H groups in total. The first-order chi connectivity index (χ1) is 6.31. The van der Waals surface area contributed by atoms with Crippen LogP contribution in [0, 0.1) is 0 Å². The predicted octanol–water partition coefficient (Wildman–Crippen LogP) is 3.10. The van der Waals surface area contributed by atoms with Crippen LogP contribution in [0.3, 0.4) is 0 Å². The van der Waals surface area contributed by atoms with Crippen molar-refractivity contribution in [3.8, 4) is 0 Å². The average molecular weight is 212 g/mol. The van der Waals surface area contributed by atoms with E-state index < -0.39 is 0 Å². The van der Waals surface area contributed by atoms with Gasteiger partial charge in [0.25, 0.3) is 0 Å². The van der Waals surface area contributed by atoms with Crippen molar-refractivity contribution in [3.63, 3.8) is 0 Å². The zero-order valence-corrected chi connectivity index (χ0v) is 9.44. The number of benzene rings is 1. The average Bonchev–Trinajstić information content (AvgIpc) is 2.20. The number of halogens is 1. The van der Waals surface area contributed by atoms with Gasteiger partial charge >= 0.3 is 0 Å². The smallest absolute Gasteiger partial charge is 0.0406 e. The lowest BCUT2D eigenvalue weighted by Crippen LogP contribution is -2.43. The normalized spacial score (nSPS) is 26.6. The quantitative estimate of drug-likeness (QED) is 0.753. The summed E-state index contributed by atoms with van der Waals surface area (Å²) in [6.07, 6.45) is 3.93. The first-order valence-electron chi connectivity index (χ1n) is 5.12. The molecule has 78 valence electrons. The van der Waals surface area contributed by atoms with Crippen LogP contribution in [0.4, 0.5) is 0 Å². The third-order valence-corrected chi connectivity index (χ3v) is 3.03. The van der Waals surface area contributed by atoms with E-state index in [4.69, 9.17) is 0 Å². The summed E-state index contributed by atoms with van der Waals surface area (Å²) in [6.45, 7) is 3.47. The molecule has 0 amide bonds. The lowest BCUT2D eigenvalue weighted by molar-refractivity contribution is 0.283. The van der Waals surface area contributed by atoms with E-state index in [-0.39, 0.29) is 17.9 Å². The van der Waals surface area contributed by atoms with Crippen LogP contribution in [-0.4, -0.2) is 6.54 Å². The van der Waals surface area contributed by atoms with Crippen molar-refractivity contribution in [2.75, 3.05) is 6.54 Å². The zero-order chi connectivity index (χ0) is 9.15. The third-order valence-electron chi connectivity index (χ3n) is 3.03. The summed E-state index contributed by atoms with van der Waals surface area (Å²) in [4.78, 5) is 0. The van der Waals surface area contributed by atoms with Gasteiger partial charge in [-0.25, -0.2) is 0 Å². The molecular formula is C12H18ClN. The van der Waals surface area contributed by atoms with Gasteiger partial charge < -0.3 is 5.32 Å². The lowest BCUT2D eigenvalue weighted by atomic mass is 9.84. The highest BCUT2D eigenvalue weighted by Crippen LogP contribution is 2.29. The molecule has 1 nitrogen and oxygen atoms in total. The minimum absolute atomic E-state index is 0. The number of piperidine rings is 1. The molecule has 1 aliphatic heterocycles. The Bertz CT molecular complexity index is 265. The molecule has 0 spiro atoms. The van der Waals surface area contributed by atoms with E-state index in [9.17, 15) is 0 Å². The van der Waals surface area contributed by atoms with Crippen LogP contribution < -0.4 is 5.32 Å². The maximum absolute atomic E-state index is 3.61. The maximum atomic E-state index is 3.61. The Morgan fingerprint density at radius 1 is 1.14 bits per heavy atom. The Balaban J connectivity index is 0.000000980. The van der Waals surface area contributed by atoms with Gasteiger partial charge in [0.05, 0.1) is 0 Å². The largest absolute Gasteiger partial charge is 0.308 e. The van der Waals surface area contributed by atoms with Crippen molar-refractivity contribution in [3.05, 3.63) is 35.9 Å². The Hall–Kier alpha value is -0.530. The molecule has 1 aromatic rings. The van der Waals surface area contributed by atoms with Crippen LogP contribution in [0.25, 0.3) is 0 Å². The molecule has 0 bridgehead atoms. The molecule has 1 atom stereocenters. The van der Waals surface area contributed by atoms with E-state index in [0.717, 1.165) is 6.54 Å². The summed E-state index contributed by atoms with van der Waals surface area (Å²) in [7, 11) is 0. The van der Waals surface area contributed by atoms with Gasteiger partial charge in [0.2, 0.25) is 0 Å². The summed E-state index contributed by atoms with van der Waals surface area (Å²) < 4.78 is 0. The van der Waals surface area contributed by atoms with Crippen molar-refractivity contribution in [1.29, 1.82) is 0 Å². The lowest BCUT2D eigenvalue weighted by Gasteiger charge is -2.35. The summed E-state index contributed by atoms with van der Waals surface area (Å²) in [5, 5.41) is 3.61. The highest BCUT2D eigenvalue weighted by atomic mass is 35.5. The second-order valence-corrected chi connectivity index (χ2v) is 4.08. The molecule has 0 radical (unpaired) electrons. The Labute approximate surface area is 92.3 Å². The summed E-state index contributed by atoms with van der Waals surface area (Å²) in [6, 6.07) is 10.8. The molecule has 1 aliphatic rings. The van der Waals surface area contributed by atoms with Gasteiger partial charge in [-0.15, -0.1) is 12.4 Å². The number of rotatable bonds is 1. The molecule has 1 aromatic carbocycles. The standard InChI is InChI=1S/C12H17N.ClH/c1-12(9-5-6-10-13-12)11-7-3-2-4-8-11;/h2-4,7-8,13H,5-6,9-10H2,1H3;1H/t12-;/m0./s1. The molecule has 1 fully saturated rings. The number of hydrogen-bond acceptors (Lipinski definition) is 1. The van der Waals surface area contributed by atoms with Crippen LogP contribution in [0.15, 0.2) is 30.3 Å². The maximum Gasteiger partial charge on any atom is 0.0406 e. The minimum Gasteiger partial charge on any atom is -0.308 e. The zero-order valence-electron chi connectivity index (χ0n) is 8.62. The van der Waals surface area contributed by atoms with Crippen molar-refractivity contribution < 1.29 is 0 Å². The fraction of sp³-hybridized carbons (Fsp3) is 0.500. The van der Waals surface area contributed by atoms with Crippen molar-refractivity contribution in [1.82, 2.24) is 5.32 Å². The summed E-state index contributed by atoms with van der Waals surface area (Å²) in [5.41, 5.74) is 1.65. The van der Waals surface area contributed by atoms with Crippen LogP contribution in [0.2, 0.25) is 0 Å². The van der Waals surface area contributed by atoms with E-state index in [1.165, 1.54) is 24.8 Å². The molecule has 0 aliphatic carbocycles. The minimum atomic E-state index is 0. The van der Waals surface area contributed by atoms with Crippen LogP contribution >= 0.6 is 12.4 Å². The molecular weight excluding hydrogens is 194 g/mol. The van der Waals surface area contributed by atoms with Gasteiger partial charge in [-0.05, 0) is 31.9 Å². The van der Waals surface area contributed by atoms with Gasteiger partial charge in [0, 0.05) is 5.54 Å². The van der Waals surface area contributed by atoms with Gasteiger partial charge in [0.1, 0.15) is 0 Å². The van der Waals surface area contributed by atoms with Crippen LogP contribution in [-0.2, 0) is 5.54 Å². The highest BCUT2D eigenvalue weighted by molar-refractivity contribution is 5.85. The van der Waals surface area contributed by atoms with Crippen molar-refractivity contribution in [2.45, 2.75) is 31.7 Å². The van der Waals surface area contributed by atoms with E-state index in [1.807, 2.05) is 0 Å². The van der Waals surface area contributed by atoms with Crippen molar-refractivity contribution in [2.24, 2.45) is 0 Å². The molecule has 0 saturated carbocycles. The third kappa shape index (κ3) is 2.28. The summed E-state index contributed by atoms with van der Waals surface area (Å²) >= 11 is 0. The monoisotopic (exact) mass is 211 g/mol. The molecule has 1 saturated heterocycles. The number of nitrogens with one attached hydrogen (secondary N) is 1. The van der Waals surface area contributed by atoms with E-state index in [0.29, 0.717) is 0 Å². The second kappa shape index (κ2) is 4.81. The molecule has 14 heavy (non-hydrogen) atoms. The fourth-order valence-electron chi connectivity index (χ4n) is 2.11. The Morgan fingerprint density at radius 3 is 2.43 bits per heavy atom. The van der Waals surface area contributed by atoms with E-state index in [2.05, 4.69) is 42.6 Å². The first-order valence-corrected chi connectivity index (χ1v) is 5.12. The molecule has 1 heterocycles. The molecule has 0 unspecified atom stereocenters. The Morgan fingerprint density at radius 2 is 1.86 bits per heavy atom. The van der Waals surface area contributed by atoms with Gasteiger partial charge in [0.15, 0.2) is 0 Å². The van der Waals surface area contributed by atoms with Gasteiger partial charge in [-0.3, -0.25) is 0 Å². The first kappa shape index (κ1) is 11.5. The van der Waals surface area contributed by atoms with E-state index >= 15 is 0 Å². The van der Waals surface area contributed by atoms with Crippen molar-refractivity contribution >= 4 is 12.4 Å². The van der Waals surface area contributed by atoms with Crippen LogP contribution in [0.5, 0.6) is 0 Å². The Kier molecular flexibility index (Phi) is 3.97. The van der Waals surface area contributed by atoms with Gasteiger partial charge in [-0.1, -0.05) is 36.8 Å². The molecule has 2 rings (SSSR count). The fourth-order valence-corrected chi connectivity index (χ4v) is 2.11. The number of hydrogen-bond donors (Lipinski definition) is 1. The van der Waals surface area contributed by atoms with Gasteiger partial charge in [-0.2, -0.15) is 0 Å². The van der Waals surface area contributed by atoms with E-state index in [1.54, 1.807) is 0 Å². The SMILES string of the molecule is C[C@@]1(c2ccccc2)CCCCN1.Cl. The predicted molar refractivity (Wildman–Crippen MR) is 62.9 cm³/mol. The second-order valence-electron chi connectivity index (χ2n) is 4.08.